The predicted molar refractivity (Wildman–Crippen MR) is 51.5 cm³/mol. The van der Waals surface area contributed by atoms with Crippen molar-refractivity contribution in [2.45, 2.75) is 19.8 Å². The van der Waals surface area contributed by atoms with Gasteiger partial charge in [0.15, 0.2) is 0 Å². The van der Waals surface area contributed by atoms with Crippen LogP contribution in [0.4, 0.5) is 5.69 Å². The van der Waals surface area contributed by atoms with Gasteiger partial charge < -0.3 is 10.8 Å². The molecular formula is C9H12ClNO. The summed E-state index contributed by atoms with van der Waals surface area (Å²) in [6.07, 6.45) is 1.77. The normalized spacial score (nSPS) is 10.2. The lowest BCUT2D eigenvalue weighted by molar-refractivity contribution is 0.470. The minimum Gasteiger partial charge on any atom is -0.506 e. The molecule has 0 aliphatic carbocycles. The van der Waals surface area contributed by atoms with Gasteiger partial charge in [-0.25, -0.2) is 0 Å². The summed E-state index contributed by atoms with van der Waals surface area (Å²) in [6, 6.07) is 3.30. The third-order valence-corrected chi connectivity index (χ3v) is 1.92. The highest BCUT2D eigenvalue weighted by Crippen LogP contribution is 2.29. The van der Waals surface area contributed by atoms with E-state index >= 15 is 0 Å². The van der Waals surface area contributed by atoms with Crippen molar-refractivity contribution >= 4 is 17.3 Å². The number of aromatic hydroxyl groups is 1. The number of hydrogen-bond donors (Lipinski definition) is 2. The van der Waals surface area contributed by atoms with E-state index in [2.05, 4.69) is 0 Å². The van der Waals surface area contributed by atoms with Gasteiger partial charge in [0.1, 0.15) is 5.75 Å². The van der Waals surface area contributed by atoms with Gasteiger partial charge >= 0.3 is 0 Å². The first-order chi connectivity index (χ1) is 5.65. The smallest absolute Gasteiger partial charge is 0.141 e. The Kier molecular flexibility index (Phi) is 2.82. The molecule has 0 atom stereocenters. The maximum absolute atomic E-state index is 9.47. The maximum Gasteiger partial charge on any atom is 0.141 e. The molecule has 3 heteroatoms. The maximum atomic E-state index is 9.47. The second-order valence-corrected chi connectivity index (χ2v) is 3.19. The van der Waals surface area contributed by atoms with Gasteiger partial charge in [0.2, 0.25) is 0 Å². The predicted octanol–water partition coefficient (Wildman–Crippen LogP) is 2.58. The van der Waals surface area contributed by atoms with E-state index in [1.165, 1.54) is 0 Å². The molecule has 0 saturated heterocycles. The molecule has 66 valence electrons. The molecule has 0 aliphatic rings. The molecule has 1 aromatic rings. The molecule has 0 bridgehead atoms. The number of phenolic OH excluding ortho intramolecular Hbond substituents is 1. The average molecular weight is 186 g/mol. The van der Waals surface area contributed by atoms with E-state index < -0.39 is 0 Å². The van der Waals surface area contributed by atoms with Crippen LogP contribution in [0, 0.1) is 0 Å². The molecule has 1 aromatic carbocycles. The Balaban J connectivity index is 3.09. The second-order valence-electron chi connectivity index (χ2n) is 2.75. The number of nitrogen functional groups attached to an aromatic ring is 1. The summed E-state index contributed by atoms with van der Waals surface area (Å²) in [5, 5.41) is 10.0. The first kappa shape index (κ1) is 9.20. The van der Waals surface area contributed by atoms with Crippen molar-refractivity contribution in [3.05, 3.63) is 22.7 Å². The van der Waals surface area contributed by atoms with Crippen molar-refractivity contribution in [2.75, 3.05) is 5.73 Å². The molecule has 0 radical (unpaired) electrons. The standard InChI is InChI=1S/C9H12ClNO/c1-2-3-6-4-7(10)5-8(11)9(6)12/h4-5,12H,2-3,11H2,1H3. The number of rotatable bonds is 2. The van der Waals surface area contributed by atoms with Crippen LogP contribution in [0.25, 0.3) is 0 Å². The Hall–Kier alpha value is -0.890. The highest BCUT2D eigenvalue weighted by molar-refractivity contribution is 6.31. The van der Waals surface area contributed by atoms with E-state index in [0.717, 1.165) is 18.4 Å². The van der Waals surface area contributed by atoms with Gasteiger partial charge in [-0.05, 0) is 24.1 Å². The van der Waals surface area contributed by atoms with Crippen LogP contribution in [0.5, 0.6) is 5.75 Å². The highest BCUT2D eigenvalue weighted by Gasteiger charge is 2.05. The van der Waals surface area contributed by atoms with E-state index in [4.69, 9.17) is 17.3 Å². The SMILES string of the molecule is CCCc1cc(Cl)cc(N)c1O. The summed E-state index contributed by atoms with van der Waals surface area (Å²) in [5.41, 5.74) is 6.69. The van der Waals surface area contributed by atoms with Gasteiger partial charge in [-0.1, -0.05) is 24.9 Å². The van der Waals surface area contributed by atoms with E-state index in [1.54, 1.807) is 12.1 Å². The topological polar surface area (TPSA) is 46.2 Å². The average Bonchev–Trinajstić information content (AvgIpc) is 2.00. The molecule has 2 nitrogen and oxygen atoms in total. The fourth-order valence-corrected chi connectivity index (χ4v) is 1.39. The zero-order chi connectivity index (χ0) is 9.14. The molecule has 0 fully saturated rings. The summed E-state index contributed by atoms with van der Waals surface area (Å²) in [4.78, 5) is 0. The first-order valence-electron chi connectivity index (χ1n) is 3.92. The lowest BCUT2D eigenvalue weighted by atomic mass is 10.1. The van der Waals surface area contributed by atoms with Gasteiger partial charge in [0.25, 0.3) is 0 Å². The molecule has 0 saturated carbocycles. The second kappa shape index (κ2) is 3.68. The zero-order valence-corrected chi connectivity index (χ0v) is 7.73. The summed E-state index contributed by atoms with van der Waals surface area (Å²) in [7, 11) is 0. The van der Waals surface area contributed by atoms with Crippen LogP contribution in [0.3, 0.4) is 0 Å². The first-order valence-corrected chi connectivity index (χ1v) is 4.29. The summed E-state index contributed by atoms with van der Waals surface area (Å²) in [5.74, 6) is 0.168. The number of nitrogens with two attached hydrogens (primary N) is 1. The van der Waals surface area contributed by atoms with Crippen molar-refractivity contribution in [2.24, 2.45) is 0 Å². The molecule has 0 aliphatic heterocycles. The van der Waals surface area contributed by atoms with Gasteiger partial charge in [-0.3, -0.25) is 0 Å². The van der Waals surface area contributed by atoms with E-state index in [0.29, 0.717) is 10.7 Å². The fourth-order valence-electron chi connectivity index (χ4n) is 1.14. The zero-order valence-electron chi connectivity index (χ0n) is 6.97. The van der Waals surface area contributed by atoms with Crippen molar-refractivity contribution < 1.29 is 5.11 Å². The van der Waals surface area contributed by atoms with Crippen molar-refractivity contribution in [1.82, 2.24) is 0 Å². The van der Waals surface area contributed by atoms with Crippen molar-refractivity contribution in [1.29, 1.82) is 0 Å². The number of hydrogen-bond acceptors (Lipinski definition) is 2. The fraction of sp³-hybridized carbons (Fsp3) is 0.333. The summed E-state index contributed by atoms with van der Waals surface area (Å²) >= 11 is 5.77. The molecule has 0 spiro atoms. The summed E-state index contributed by atoms with van der Waals surface area (Å²) in [6.45, 7) is 2.04. The quantitative estimate of drug-likeness (QED) is 0.550. The number of phenols is 1. The lowest BCUT2D eigenvalue weighted by Gasteiger charge is -2.06. The highest BCUT2D eigenvalue weighted by atomic mass is 35.5. The lowest BCUT2D eigenvalue weighted by Crippen LogP contribution is -1.91. The number of benzene rings is 1. The Bertz CT molecular complexity index is 286. The largest absolute Gasteiger partial charge is 0.506 e. The van der Waals surface area contributed by atoms with Crippen LogP contribution in [0.1, 0.15) is 18.9 Å². The molecular weight excluding hydrogens is 174 g/mol. The van der Waals surface area contributed by atoms with Crippen molar-refractivity contribution in [3.8, 4) is 5.75 Å². The molecule has 0 heterocycles. The van der Waals surface area contributed by atoms with E-state index in [1.807, 2.05) is 6.92 Å². The van der Waals surface area contributed by atoms with Crippen LogP contribution < -0.4 is 5.73 Å². The monoisotopic (exact) mass is 185 g/mol. The van der Waals surface area contributed by atoms with Crippen molar-refractivity contribution in [3.63, 3.8) is 0 Å². The van der Waals surface area contributed by atoms with Crippen LogP contribution in [0.2, 0.25) is 5.02 Å². The Labute approximate surface area is 77.0 Å². The molecule has 12 heavy (non-hydrogen) atoms. The van der Waals surface area contributed by atoms with Gasteiger partial charge in [0, 0.05) is 5.02 Å². The number of aryl methyl sites for hydroxylation is 1. The molecule has 0 aromatic heterocycles. The minimum atomic E-state index is 0.168. The van der Waals surface area contributed by atoms with Gasteiger partial charge in [-0.2, -0.15) is 0 Å². The van der Waals surface area contributed by atoms with E-state index in [-0.39, 0.29) is 5.75 Å². The van der Waals surface area contributed by atoms with Crippen LogP contribution >= 0.6 is 11.6 Å². The summed E-state index contributed by atoms with van der Waals surface area (Å²) < 4.78 is 0. The third kappa shape index (κ3) is 1.83. The van der Waals surface area contributed by atoms with Gasteiger partial charge in [-0.15, -0.1) is 0 Å². The molecule has 1 rings (SSSR count). The minimum absolute atomic E-state index is 0.168. The molecule has 0 unspecified atom stereocenters. The Morgan fingerprint density at radius 1 is 1.50 bits per heavy atom. The van der Waals surface area contributed by atoms with Crippen LogP contribution in [0.15, 0.2) is 12.1 Å². The van der Waals surface area contributed by atoms with Gasteiger partial charge in [0.05, 0.1) is 5.69 Å². The van der Waals surface area contributed by atoms with Crippen LogP contribution in [-0.2, 0) is 6.42 Å². The third-order valence-electron chi connectivity index (χ3n) is 1.70. The Morgan fingerprint density at radius 3 is 2.75 bits per heavy atom. The number of anilines is 1. The van der Waals surface area contributed by atoms with Crippen LogP contribution in [-0.4, -0.2) is 5.11 Å². The number of halogens is 1. The molecule has 3 N–H and O–H groups in total. The van der Waals surface area contributed by atoms with E-state index in [9.17, 15) is 5.11 Å². The molecule has 0 amide bonds. The Morgan fingerprint density at radius 2 is 2.17 bits per heavy atom.